The van der Waals surface area contributed by atoms with Crippen molar-refractivity contribution >= 4 is 5.97 Å². The number of esters is 1. The summed E-state index contributed by atoms with van der Waals surface area (Å²) >= 11 is 0. The summed E-state index contributed by atoms with van der Waals surface area (Å²) in [6, 6.07) is 0. The molecule has 88 valence electrons. The summed E-state index contributed by atoms with van der Waals surface area (Å²) in [5, 5.41) is 27.4. The molecule has 0 aliphatic carbocycles. The van der Waals surface area contributed by atoms with E-state index in [2.05, 4.69) is 4.74 Å². The van der Waals surface area contributed by atoms with Crippen LogP contribution in [0.1, 0.15) is 13.8 Å². The SMILES string of the molecule is COC(=O)C(C)=C(C)C(CO)(CO)CO. The predicted molar refractivity (Wildman–Crippen MR) is 54.1 cm³/mol. The molecule has 0 unspecified atom stereocenters. The molecule has 0 aliphatic heterocycles. The molecule has 0 aromatic heterocycles. The zero-order valence-corrected chi connectivity index (χ0v) is 9.28. The van der Waals surface area contributed by atoms with Crippen molar-refractivity contribution in [3.63, 3.8) is 0 Å². The number of carbonyl (C=O) groups excluding carboxylic acids is 1. The third-order valence-electron chi connectivity index (χ3n) is 2.76. The average Bonchev–Trinajstić information content (AvgIpc) is 2.29. The number of methoxy groups -OCH3 is 1. The molecule has 0 rings (SSSR count). The maximum absolute atomic E-state index is 11.2. The Morgan fingerprint density at radius 1 is 1.13 bits per heavy atom. The molecule has 0 aromatic rings. The number of aliphatic hydroxyl groups excluding tert-OH is 3. The lowest BCUT2D eigenvalue weighted by molar-refractivity contribution is -0.136. The summed E-state index contributed by atoms with van der Waals surface area (Å²) in [7, 11) is 1.25. The molecule has 3 N–H and O–H groups in total. The van der Waals surface area contributed by atoms with Crippen molar-refractivity contribution in [2.24, 2.45) is 5.41 Å². The van der Waals surface area contributed by atoms with E-state index in [1.165, 1.54) is 14.0 Å². The van der Waals surface area contributed by atoms with Gasteiger partial charge in [0.15, 0.2) is 0 Å². The molecule has 5 nitrogen and oxygen atoms in total. The molecule has 0 aliphatic rings. The van der Waals surface area contributed by atoms with Gasteiger partial charge in [0.25, 0.3) is 0 Å². The van der Waals surface area contributed by atoms with Gasteiger partial charge in [-0.25, -0.2) is 4.79 Å². The summed E-state index contributed by atoms with van der Waals surface area (Å²) < 4.78 is 4.52. The van der Waals surface area contributed by atoms with Crippen LogP contribution in [0.4, 0.5) is 0 Å². The Morgan fingerprint density at radius 3 is 1.80 bits per heavy atom. The molecule has 0 spiro atoms. The lowest BCUT2D eigenvalue weighted by Crippen LogP contribution is -2.36. The molecular formula is C10H18O5. The Bertz CT molecular complexity index is 244. The van der Waals surface area contributed by atoms with E-state index in [4.69, 9.17) is 15.3 Å². The minimum Gasteiger partial charge on any atom is -0.466 e. The van der Waals surface area contributed by atoms with Crippen molar-refractivity contribution in [3.8, 4) is 0 Å². The second-order valence-electron chi connectivity index (χ2n) is 3.50. The molecule has 0 amide bonds. The first-order valence-corrected chi connectivity index (χ1v) is 4.58. The maximum atomic E-state index is 11.2. The molecule has 0 bridgehead atoms. The first-order chi connectivity index (χ1) is 6.98. The number of aliphatic hydroxyl groups is 3. The van der Waals surface area contributed by atoms with Gasteiger partial charge in [0.05, 0.1) is 32.3 Å². The quantitative estimate of drug-likeness (QED) is 0.426. The fraction of sp³-hybridized carbons (Fsp3) is 0.700. The van der Waals surface area contributed by atoms with Crippen molar-refractivity contribution in [1.82, 2.24) is 0 Å². The normalized spacial score (nSPS) is 13.5. The van der Waals surface area contributed by atoms with E-state index in [1.807, 2.05) is 0 Å². The van der Waals surface area contributed by atoms with Gasteiger partial charge in [0.2, 0.25) is 0 Å². The minimum atomic E-state index is -1.17. The van der Waals surface area contributed by atoms with Crippen LogP contribution < -0.4 is 0 Å². The maximum Gasteiger partial charge on any atom is 0.333 e. The van der Waals surface area contributed by atoms with Gasteiger partial charge in [0.1, 0.15) is 0 Å². The van der Waals surface area contributed by atoms with Gasteiger partial charge < -0.3 is 20.1 Å². The monoisotopic (exact) mass is 218 g/mol. The van der Waals surface area contributed by atoms with E-state index in [-0.39, 0.29) is 5.57 Å². The molecule has 0 fully saturated rings. The van der Waals surface area contributed by atoms with Gasteiger partial charge in [-0.05, 0) is 13.8 Å². The molecule has 15 heavy (non-hydrogen) atoms. The van der Waals surface area contributed by atoms with Crippen molar-refractivity contribution in [2.45, 2.75) is 13.8 Å². The highest BCUT2D eigenvalue weighted by molar-refractivity contribution is 5.88. The van der Waals surface area contributed by atoms with Gasteiger partial charge in [-0.3, -0.25) is 0 Å². The van der Waals surface area contributed by atoms with Gasteiger partial charge >= 0.3 is 5.97 Å². The summed E-state index contributed by atoms with van der Waals surface area (Å²) in [6.07, 6.45) is 0. The van der Waals surface area contributed by atoms with E-state index < -0.39 is 31.2 Å². The predicted octanol–water partition coefficient (Wildman–Crippen LogP) is -0.541. The number of ether oxygens (including phenoxy) is 1. The van der Waals surface area contributed by atoms with Gasteiger partial charge in [-0.2, -0.15) is 0 Å². The van der Waals surface area contributed by atoms with Crippen molar-refractivity contribution in [1.29, 1.82) is 0 Å². The Hall–Kier alpha value is -0.910. The van der Waals surface area contributed by atoms with E-state index in [0.717, 1.165) is 0 Å². The molecule has 0 saturated heterocycles. The Morgan fingerprint density at radius 2 is 1.53 bits per heavy atom. The van der Waals surface area contributed by atoms with Crippen molar-refractivity contribution in [2.75, 3.05) is 26.9 Å². The standard InChI is InChI=1S/C10H18O5/c1-7(9(14)15-3)8(2)10(4-11,5-12)6-13/h11-13H,4-6H2,1-3H3. The minimum absolute atomic E-state index is 0.287. The summed E-state index contributed by atoms with van der Waals surface area (Å²) in [4.78, 5) is 11.2. The lowest BCUT2D eigenvalue weighted by atomic mass is 9.81. The Kier molecular flexibility index (Phi) is 5.49. The third-order valence-corrected chi connectivity index (χ3v) is 2.76. The average molecular weight is 218 g/mol. The lowest BCUT2D eigenvalue weighted by Gasteiger charge is -2.29. The number of carbonyl (C=O) groups is 1. The summed E-state index contributed by atoms with van der Waals surface area (Å²) in [5.41, 5.74) is -0.449. The molecule has 0 radical (unpaired) electrons. The van der Waals surface area contributed by atoms with Crippen LogP contribution in [-0.4, -0.2) is 48.2 Å². The van der Waals surface area contributed by atoms with Gasteiger partial charge in [0, 0.05) is 5.57 Å². The van der Waals surface area contributed by atoms with Crippen molar-refractivity contribution < 1.29 is 24.9 Å². The highest BCUT2D eigenvalue weighted by atomic mass is 16.5. The first kappa shape index (κ1) is 14.1. The van der Waals surface area contributed by atoms with Gasteiger partial charge in [-0.15, -0.1) is 0 Å². The van der Waals surface area contributed by atoms with Crippen LogP contribution in [0.3, 0.4) is 0 Å². The van der Waals surface area contributed by atoms with E-state index in [9.17, 15) is 4.79 Å². The van der Waals surface area contributed by atoms with Crippen LogP contribution in [0.5, 0.6) is 0 Å². The Labute approximate surface area is 89.0 Å². The van der Waals surface area contributed by atoms with E-state index >= 15 is 0 Å². The highest BCUT2D eigenvalue weighted by Crippen LogP contribution is 2.28. The van der Waals surface area contributed by atoms with Crippen molar-refractivity contribution in [3.05, 3.63) is 11.1 Å². The largest absolute Gasteiger partial charge is 0.466 e. The van der Waals surface area contributed by atoms with Crippen LogP contribution >= 0.6 is 0 Å². The molecule has 0 atom stereocenters. The molecular weight excluding hydrogens is 200 g/mol. The number of rotatable bonds is 5. The number of hydrogen-bond donors (Lipinski definition) is 3. The fourth-order valence-corrected chi connectivity index (χ4v) is 1.21. The molecule has 5 heteroatoms. The Balaban J connectivity index is 5.24. The topological polar surface area (TPSA) is 87.0 Å². The van der Waals surface area contributed by atoms with Crippen LogP contribution in [0, 0.1) is 5.41 Å². The van der Waals surface area contributed by atoms with Crippen LogP contribution in [0.15, 0.2) is 11.1 Å². The molecule has 0 saturated carbocycles. The zero-order valence-electron chi connectivity index (χ0n) is 9.28. The second kappa shape index (κ2) is 5.85. The van der Waals surface area contributed by atoms with Crippen LogP contribution in [-0.2, 0) is 9.53 Å². The van der Waals surface area contributed by atoms with E-state index in [0.29, 0.717) is 5.57 Å². The summed E-state index contributed by atoms with van der Waals surface area (Å²) in [6.45, 7) is 1.81. The number of hydrogen-bond acceptors (Lipinski definition) is 5. The molecule has 0 heterocycles. The highest BCUT2D eigenvalue weighted by Gasteiger charge is 2.32. The fourth-order valence-electron chi connectivity index (χ4n) is 1.21. The summed E-state index contributed by atoms with van der Waals surface area (Å²) in [5.74, 6) is -0.535. The second-order valence-corrected chi connectivity index (χ2v) is 3.50. The van der Waals surface area contributed by atoms with Crippen LogP contribution in [0.2, 0.25) is 0 Å². The first-order valence-electron chi connectivity index (χ1n) is 4.58. The smallest absolute Gasteiger partial charge is 0.333 e. The van der Waals surface area contributed by atoms with Crippen LogP contribution in [0.25, 0.3) is 0 Å². The zero-order chi connectivity index (χ0) is 12.1. The molecule has 0 aromatic carbocycles. The van der Waals surface area contributed by atoms with Gasteiger partial charge in [-0.1, -0.05) is 5.57 Å². The third kappa shape index (κ3) is 2.77. The van der Waals surface area contributed by atoms with E-state index in [1.54, 1.807) is 6.92 Å².